The third-order valence-corrected chi connectivity index (χ3v) is 3.03. The lowest BCUT2D eigenvalue weighted by Crippen LogP contribution is -1.96. The van der Waals surface area contributed by atoms with Crippen LogP contribution >= 0.6 is 0 Å². The molecule has 0 aliphatic heterocycles. The number of aliphatic hydroxyl groups is 1. The van der Waals surface area contributed by atoms with Gasteiger partial charge in [-0.15, -0.1) is 0 Å². The van der Waals surface area contributed by atoms with Crippen molar-refractivity contribution >= 4 is 0 Å². The molecule has 106 valence electrons. The number of ether oxygens (including phenoxy) is 2. The lowest BCUT2D eigenvalue weighted by molar-refractivity contribution is 0.173. The third-order valence-electron chi connectivity index (χ3n) is 3.03. The van der Waals surface area contributed by atoms with Gasteiger partial charge >= 0.3 is 0 Å². The van der Waals surface area contributed by atoms with E-state index in [1.807, 2.05) is 62.4 Å². The molecule has 0 fully saturated rings. The highest BCUT2D eigenvalue weighted by molar-refractivity contribution is 5.43. The van der Waals surface area contributed by atoms with Crippen molar-refractivity contribution in [2.75, 3.05) is 6.61 Å². The van der Waals surface area contributed by atoms with Crippen molar-refractivity contribution in [2.45, 2.75) is 26.4 Å². The normalized spacial score (nSPS) is 11.9. The summed E-state index contributed by atoms with van der Waals surface area (Å²) in [5.74, 6) is 2.15. The molecule has 0 aromatic heterocycles. The summed E-state index contributed by atoms with van der Waals surface area (Å²) in [4.78, 5) is 0. The average Bonchev–Trinajstić information content (AvgIpc) is 2.49. The van der Waals surface area contributed by atoms with Gasteiger partial charge in [0.2, 0.25) is 0 Å². The minimum absolute atomic E-state index is 0.417. The van der Waals surface area contributed by atoms with Crippen molar-refractivity contribution in [1.82, 2.24) is 0 Å². The number of para-hydroxylation sites is 2. The molecular weight excluding hydrogens is 252 g/mol. The van der Waals surface area contributed by atoms with Crippen LogP contribution in [0.1, 0.15) is 31.9 Å². The van der Waals surface area contributed by atoms with E-state index in [1.165, 1.54) is 0 Å². The fraction of sp³-hybridized carbons (Fsp3) is 0.294. The second-order valence-electron chi connectivity index (χ2n) is 4.47. The van der Waals surface area contributed by atoms with E-state index < -0.39 is 6.10 Å². The molecule has 2 aromatic rings. The summed E-state index contributed by atoms with van der Waals surface area (Å²) in [6.07, 6.45) is 0.285. The Morgan fingerprint density at radius 2 is 1.60 bits per heavy atom. The van der Waals surface area contributed by atoms with Crippen LogP contribution in [-0.2, 0) is 0 Å². The molecule has 0 bridgehead atoms. The molecular formula is C17H20O3. The molecule has 0 heterocycles. The highest BCUT2D eigenvalue weighted by atomic mass is 16.5. The molecule has 3 nitrogen and oxygen atoms in total. The summed E-state index contributed by atoms with van der Waals surface area (Å²) in [7, 11) is 0. The van der Waals surface area contributed by atoms with Crippen LogP contribution in [0.2, 0.25) is 0 Å². The minimum Gasteiger partial charge on any atom is -0.490 e. The summed E-state index contributed by atoms with van der Waals surface area (Å²) in [6, 6.07) is 15.1. The largest absolute Gasteiger partial charge is 0.490 e. The van der Waals surface area contributed by atoms with Gasteiger partial charge in [0.15, 0.2) is 11.5 Å². The second-order valence-corrected chi connectivity index (χ2v) is 4.47. The first kappa shape index (κ1) is 14.4. The van der Waals surface area contributed by atoms with E-state index in [9.17, 15) is 5.11 Å². The quantitative estimate of drug-likeness (QED) is 0.851. The van der Waals surface area contributed by atoms with E-state index in [1.54, 1.807) is 0 Å². The molecule has 1 N–H and O–H groups in total. The van der Waals surface area contributed by atoms with Gasteiger partial charge < -0.3 is 14.6 Å². The Morgan fingerprint density at radius 1 is 0.950 bits per heavy atom. The fourth-order valence-corrected chi connectivity index (χ4v) is 1.93. The number of rotatable bonds is 6. The minimum atomic E-state index is -0.417. The lowest BCUT2D eigenvalue weighted by Gasteiger charge is -2.12. The van der Waals surface area contributed by atoms with Crippen LogP contribution in [0.4, 0.5) is 0 Å². The molecule has 0 spiro atoms. The molecule has 0 aliphatic rings. The van der Waals surface area contributed by atoms with Crippen LogP contribution in [0, 0.1) is 0 Å². The van der Waals surface area contributed by atoms with Gasteiger partial charge in [0, 0.05) is 0 Å². The van der Waals surface area contributed by atoms with Crippen LogP contribution in [0.3, 0.4) is 0 Å². The molecule has 2 rings (SSSR count). The monoisotopic (exact) mass is 272 g/mol. The fourth-order valence-electron chi connectivity index (χ4n) is 1.93. The second kappa shape index (κ2) is 6.96. The van der Waals surface area contributed by atoms with Crippen molar-refractivity contribution in [3.63, 3.8) is 0 Å². The standard InChI is InChI=1S/C17H20O3/c1-3-15(18)13-9-11-14(12-10-13)20-17-8-6-5-7-16(17)19-4-2/h5-12,15,18H,3-4H2,1-2H3. The Hall–Kier alpha value is -2.00. The van der Waals surface area contributed by atoms with E-state index >= 15 is 0 Å². The van der Waals surface area contributed by atoms with E-state index in [0.717, 1.165) is 17.1 Å². The number of aliphatic hydroxyl groups excluding tert-OH is 1. The van der Waals surface area contributed by atoms with Crippen molar-refractivity contribution in [2.24, 2.45) is 0 Å². The van der Waals surface area contributed by atoms with Crippen LogP contribution in [0.15, 0.2) is 48.5 Å². The van der Waals surface area contributed by atoms with Gasteiger partial charge in [-0.2, -0.15) is 0 Å². The molecule has 20 heavy (non-hydrogen) atoms. The van der Waals surface area contributed by atoms with Gasteiger partial charge in [-0.25, -0.2) is 0 Å². The predicted octanol–water partition coefficient (Wildman–Crippen LogP) is 4.32. The molecule has 0 radical (unpaired) electrons. The van der Waals surface area contributed by atoms with Gasteiger partial charge in [-0.3, -0.25) is 0 Å². The maximum Gasteiger partial charge on any atom is 0.169 e. The Labute approximate surface area is 119 Å². The summed E-state index contributed by atoms with van der Waals surface area (Å²) in [6.45, 7) is 4.49. The summed E-state index contributed by atoms with van der Waals surface area (Å²) in [5, 5.41) is 9.76. The highest BCUT2D eigenvalue weighted by Crippen LogP contribution is 2.31. The summed E-state index contributed by atoms with van der Waals surface area (Å²) >= 11 is 0. The number of benzene rings is 2. The van der Waals surface area contributed by atoms with Gasteiger partial charge in [0.05, 0.1) is 12.7 Å². The lowest BCUT2D eigenvalue weighted by atomic mass is 10.1. The van der Waals surface area contributed by atoms with Crippen molar-refractivity contribution in [1.29, 1.82) is 0 Å². The van der Waals surface area contributed by atoms with E-state index in [4.69, 9.17) is 9.47 Å². The molecule has 0 amide bonds. The number of hydrogen-bond donors (Lipinski definition) is 1. The van der Waals surface area contributed by atoms with Gasteiger partial charge in [-0.05, 0) is 43.2 Å². The molecule has 0 saturated heterocycles. The first-order valence-corrected chi connectivity index (χ1v) is 6.92. The Morgan fingerprint density at radius 3 is 2.20 bits per heavy atom. The van der Waals surface area contributed by atoms with E-state index in [-0.39, 0.29) is 0 Å². The van der Waals surface area contributed by atoms with Crippen LogP contribution in [0.25, 0.3) is 0 Å². The Kier molecular flexibility index (Phi) is 5.02. The van der Waals surface area contributed by atoms with E-state index in [0.29, 0.717) is 18.8 Å². The first-order chi connectivity index (χ1) is 9.74. The molecule has 0 aliphatic carbocycles. The molecule has 2 aromatic carbocycles. The van der Waals surface area contributed by atoms with Crippen LogP contribution in [-0.4, -0.2) is 11.7 Å². The van der Waals surface area contributed by atoms with Crippen LogP contribution < -0.4 is 9.47 Å². The zero-order valence-corrected chi connectivity index (χ0v) is 11.9. The zero-order valence-electron chi connectivity index (χ0n) is 11.9. The van der Waals surface area contributed by atoms with Gasteiger partial charge in [0.25, 0.3) is 0 Å². The smallest absolute Gasteiger partial charge is 0.169 e. The SMILES string of the molecule is CCOc1ccccc1Oc1ccc(C(O)CC)cc1. The van der Waals surface area contributed by atoms with Crippen molar-refractivity contribution < 1.29 is 14.6 Å². The molecule has 0 saturated carbocycles. The maximum atomic E-state index is 9.76. The van der Waals surface area contributed by atoms with Gasteiger partial charge in [0.1, 0.15) is 5.75 Å². The molecule has 1 unspecified atom stereocenters. The Bertz CT molecular complexity index is 534. The molecule has 3 heteroatoms. The predicted molar refractivity (Wildman–Crippen MR) is 79.4 cm³/mol. The van der Waals surface area contributed by atoms with Crippen LogP contribution in [0.5, 0.6) is 17.2 Å². The number of hydrogen-bond acceptors (Lipinski definition) is 3. The molecule has 1 atom stereocenters. The van der Waals surface area contributed by atoms with Crippen molar-refractivity contribution in [3.8, 4) is 17.2 Å². The zero-order chi connectivity index (χ0) is 14.4. The van der Waals surface area contributed by atoms with Gasteiger partial charge in [-0.1, -0.05) is 31.2 Å². The summed E-state index contributed by atoms with van der Waals surface area (Å²) < 4.78 is 11.3. The average molecular weight is 272 g/mol. The Balaban J connectivity index is 2.14. The topological polar surface area (TPSA) is 38.7 Å². The van der Waals surface area contributed by atoms with E-state index in [2.05, 4.69) is 0 Å². The first-order valence-electron chi connectivity index (χ1n) is 6.92. The van der Waals surface area contributed by atoms with Crippen molar-refractivity contribution in [3.05, 3.63) is 54.1 Å². The summed E-state index contributed by atoms with van der Waals surface area (Å²) in [5.41, 5.74) is 0.901. The maximum absolute atomic E-state index is 9.76. The third kappa shape index (κ3) is 3.52. The highest BCUT2D eigenvalue weighted by Gasteiger charge is 2.07.